The van der Waals surface area contributed by atoms with Gasteiger partial charge in [0.05, 0.1) is 0 Å². The Morgan fingerprint density at radius 1 is 1.44 bits per heavy atom. The van der Waals surface area contributed by atoms with Crippen LogP contribution in [-0.4, -0.2) is 54.2 Å². The third-order valence-electron chi connectivity index (χ3n) is 3.23. The van der Waals surface area contributed by atoms with Crippen LogP contribution in [0.4, 0.5) is 0 Å². The number of aromatic carboxylic acids is 1. The average Bonchev–Trinajstić information content (AvgIpc) is 2.70. The smallest absolute Gasteiger partial charge is 0.371 e. The van der Waals surface area contributed by atoms with E-state index in [1.807, 2.05) is 0 Å². The van der Waals surface area contributed by atoms with Crippen molar-refractivity contribution in [2.24, 2.45) is 0 Å². The molecule has 6 heteroatoms. The first-order valence-electron chi connectivity index (χ1n) is 6.06. The molecule has 18 heavy (non-hydrogen) atoms. The van der Waals surface area contributed by atoms with Gasteiger partial charge in [-0.15, -0.1) is 0 Å². The van der Waals surface area contributed by atoms with Crippen molar-refractivity contribution < 1.29 is 14.3 Å². The van der Waals surface area contributed by atoms with Crippen LogP contribution in [0.5, 0.6) is 0 Å². The topological polar surface area (TPSA) is 68.9 Å². The molecule has 0 aromatic carbocycles. The predicted molar refractivity (Wildman–Crippen MR) is 66.3 cm³/mol. The second-order valence-electron chi connectivity index (χ2n) is 4.62. The summed E-state index contributed by atoms with van der Waals surface area (Å²) in [7, 11) is 2.11. The maximum Gasteiger partial charge on any atom is 0.371 e. The highest BCUT2D eigenvalue weighted by Gasteiger charge is 2.16. The molecule has 6 nitrogen and oxygen atoms in total. The van der Waals surface area contributed by atoms with E-state index < -0.39 is 5.97 Å². The Morgan fingerprint density at radius 2 is 2.11 bits per heavy atom. The third-order valence-corrected chi connectivity index (χ3v) is 3.23. The van der Waals surface area contributed by atoms with Crippen LogP contribution in [0.1, 0.15) is 21.9 Å². The number of furan rings is 1. The Labute approximate surface area is 106 Å². The molecule has 0 unspecified atom stereocenters. The predicted octanol–water partition coefficient (Wildman–Crippen LogP) is 0.538. The summed E-state index contributed by atoms with van der Waals surface area (Å²) in [5.74, 6) is -0.361. The van der Waals surface area contributed by atoms with Crippen LogP contribution < -0.4 is 5.43 Å². The first-order valence-corrected chi connectivity index (χ1v) is 6.06. The quantitative estimate of drug-likeness (QED) is 0.816. The fourth-order valence-corrected chi connectivity index (χ4v) is 1.96. The van der Waals surface area contributed by atoms with Crippen molar-refractivity contribution in [2.45, 2.75) is 13.5 Å². The van der Waals surface area contributed by atoms with Crippen LogP contribution in [-0.2, 0) is 6.54 Å². The number of piperazine rings is 1. The zero-order chi connectivity index (χ0) is 13.1. The largest absolute Gasteiger partial charge is 0.475 e. The van der Waals surface area contributed by atoms with E-state index in [0.29, 0.717) is 12.3 Å². The number of carbonyl (C=O) groups is 1. The monoisotopic (exact) mass is 253 g/mol. The highest BCUT2D eigenvalue weighted by Crippen LogP contribution is 2.14. The molecule has 0 saturated carbocycles. The third kappa shape index (κ3) is 3.10. The van der Waals surface area contributed by atoms with Gasteiger partial charge in [0, 0.05) is 38.3 Å². The molecule has 1 aromatic rings. The Morgan fingerprint density at radius 3 is 2.67 bits per heavy atom. The highest BCUT2D eigenvalue weighted by atomic mass is 16.4. The summed E-state index contributed by atoms with van der Waals surface area (Å²) in [5, 5.41) is 11.0. The zero-order valence-electron chi connectivity index (χ0n) is 10.8. The second-order valence-corrected chi connectivity index (χ2v) is 4.62. The first kappa shape index (κ1) is 13.1. The number of hydrogen-bond acceptors (Lipinski definition) is 5. The molecule has 1 aromatic heterocycles. The molecule has 0 bridgehead atoms. The van der Waals surface area contributed by atoms with Crippen LogP contribution in [0.15, 0.2) is 10.5 Å². The molecule has 0 spiro atoms. The summed E-state index contributed by atoms with van der Waals surface area (Å²) in [4.78, 5) is 13.1. The van der Waals surface area contributed by atoms with Crippen molar-refractivity contribution in [1.29, 1.82) is 0 Å². The summed E-state index contributed by atoms with van der Waals surface area (Å²) in [6.45, 7) is 6.41. The van der Waals surface area contributed by atoms with Crippen molar-refractivity contribution in [1.82, 2.24) is 15.3 Å². The molecule has 2 N–H and O–H groups in total. The number of nitrogens with one attached hydrogen (secondary N) is 1. The van der Waals surface area contributed by atoms with E-state index in [4.69, 9.17) is 9.52 Å². The lowest BCUT2D eigenvalue weighted by Gasteiger charge is -2.32. The Kier molecular flexibility index (Phi) is 4.00. The minimum atomic E-state index is -1.02. The Hall–Kier alpha value is -1.37. The lowest BCUT2D eigenvalue weighted by Crippen LogP contribution is -2.50. The molecule has 1 aliphatic rings. The van der Waals surface area contributed by atoms with Crippen LogP contribution in [0.2, 0.25) is 0 Å². The fourth-order valence-electron chi connectivity index (χ4n) is 1.96. The first-order chi connectivity index (χ1) is 8.56. The maximum absolute atomic E-state index is 10.8. The van der Waals surface area contributed by atoms with Gasteiger partial charge >= 0.3 is 5.97 Å². The Balaban J connectivity index is 1.88. The highest BCUT2D eigenvalue weighted by molar-refractivity contribution is 5.84. The fraction of sp³-hybridized carbons (Fsp3) is 0.583. The number of nitrogens with zero attached hydrogens (tertiary/aromatic N) is 2. The number of hydrogen-bond donors (Lipinski definition) is 2. The standard InChI is InChI=1S/C12H19N3O3/c1-9-10(7-11(18-9)12(16)17)8-13-15-5-3-14(2)4-6-15/h7,13H,3-6,8H2,1-2H3,(H,16,17). The number of carboxylic acid groups (broad SMARTS) is 1. The number of likely N-dealkylation sites (N-methyl/N-ethyl adjacent to an activating group) is 1. The van der Waals surface area contributed by atoms with Gasteiger partial charge in [-0.3, -0.25) is 5.43 Å². The van der Waals surface area contributed by atoms with Gasteiger partial charge < -0.3 is 14.4 Å². The van der Waals surface area contributed by atoms with E-state index in [2.05, 4.69) is 22.4 Å². The lowest BCUT2D eigenvalue weighted by molar-refractivity contribution is 0.0661. The summed E-state index contributed by atoms with van der Waals surface area (Å²) >= 11 is 0. The van der Waals surface area contributed by atoms with Crippen LogP contribution in [0.25, 0.3) is 0 Å². The van der Waals surface area contributed by atoms with Crippen molar-refractivity contribution in [3.8, 4) is 0 Å². The molecule has 0 atom stereocenters. The minimum absolute atomic E-state index is 0.00248. The van der Waals surface area contributed by atoms with Crippen LogP contribution >= 0.6 is 0 Å². The van der Waals surface area contributed by atoms with E-state index in [9.17, 15) is 4.79 Å². The normalized spacial score (nSPS) is 18.1. The molecule has 1 saturated heterocycles. The molecule has 0 amide bonds. The van der Waals surface area contributed by atoms with Crippen molar-refractivity contribution in [3.63, 3.8) is 0 Å². The van der Waals surface area contributed by atoms with Gasteiger partial charge in [0.1, 0.15) is 5.76 Å². The SMILES string of the molecule is Cc1oc(C(=O)O)cc1CNN1CCN(C)CC1. The average molecular weight is 253 g/mol. The van der Waals surface area contributed by atoms with E-state index >= 15 is 0 Å². The minimum Gasteiger partial charge on any atom is -0.475 e. The van der Waals surface area contributed by atoms with Crippen LogP contribution in [0, 0.1) is 6.92 Å². The molecule has 2 heterocycles. The van der Waals surface area contributed by atoms with E-state index in [1.165, 1.54) is 0 Å². The lowest BCUT2D eigenvalue weighted by atomic mass is 10.2. The van der Waals surface area contributed by atoms with Crippen LogP contribution in [0.3, 0.4) is 0 Å². The summed E-state index contributed by atoms with van der Waals surface area (Å²) in [5.41, 5.74) is 4.20. The van der Waals surface area contributed by atoms with E-state index in [-0.39, 0.29) is 5.76 Å². The Bertz CT molecular complexity index is 422. The van der Waals surface area contributed by atoms with Crippen molar-refractivity contribution in [2.75, 3.05) is 33.2 Å². The van der Waals surface area contributed by atoms with Crippen molar-refractivity contribution in [3.05, 3.63) is 23.2 Å². The van der Waals surface area contributed by atoms with Gasteiger partial charge in [-0.05, 0) is 20.0 Å². The second kappa shape index (κ2) is 5.51. The number of carboxylic acids is 1. The van der Waals surface area contributed by atoms with Crippen molar-refractivity contribution >= 4 is 5.97 Å². The van der Waals surface area contributed by atoms with Gasteiger partial charge in [-0.2, -0.15) is 0 Å². The van der Waals surface area contributed by atoms with Gasteiger partial charge in [0.25, 0.3) is 0 Å². The summed E-state index contributed by atoms with van der Waals surface area (Å²) in [6.07, 6.45) is 0. The van der Waals surface area contributed by atoms with Gasteiger partial charge in [0.15, 0.2) is 0 Å². The molecule has 1 aliphatic heterocycles. The summed E-state index contributed by atoms with van der Waals surface area (Å²) in [6, 6.07) is 1.58. The molecule has 0 aliphatic carbocycles. The number of hydrazine groups is 1. The molecule has 2 rings (SSSR count). The molecule has 0 radical (unpaired) electrons. The van der Waals surface area contributed by atoms with Gasteiger partial charge in [-0.25, -0.2) is 9.80 Å². The number of aryl methyl sites for hydroxylation is 1. The molecular weight excluding hydrogens is 234 g/mol. The van der Waals surface area contributed by atoms with E-state index in [1.54, 1.807) is 13.0 Å². The van der Waals surface area contributed by atoms with Gasteiger partial charge in [-0.1, -0.05) is 0 Å². The maximum atomic E-state index is 10.8. The molecule has 1 fully saturated rings. The molecular formula is C12H19N3O3. The van der Waals surface area contributed by atoms with E-state index in [0.717, 1.165) is 31.7 Å². The van der Waals surface area contributed by atoms with Gasteiger partial charge in [0.2, 0.25) is 5.76 Å². The zero-order valence-corrected chi connectivity index (χ0v) is 10.8. The molecule has 100 valence electrons. The number of rotatable bonds is 4. The summed E-state index contributed by atoms with van der Waals surface area (Å²) < 4.78 is 5.17.